The largest absolute Gasteiger partial charge is 0.340 e. The average Bonchev–Trinajstić information content (AvgIpc) is 3.77. The number of nitrogens with one attached hydrogen (secondary N) is 2. The number of carbonyl (C=O) groups is 2. The highest BCUT2D eigenvalue weighted by Crippen LogP contribution is 2.40. The van der Waals surface area contributed by atoms with Crippen LogP contribution >= 0.6 is 0 Å². The Morgan fingerprint density at radius 3 is 1.33 bits per heavy atom. The maximum Gasteiger partial charge on any atom is 0.226 e. The Morgan fingerprint density at radius 2 is 0.952 bits per heavy atom. The molecule has 0 bridgehead atoms. The van der Waals surface area contributed by atoms with Crippen molar-refractivity contribution < 1.29 is 9.59 Å². The number of nitrogens with zero attached hydrogens (tertiary/aromatic N) is 4. The van der Waals surface area contributed by atoms with Crippen LogP contribution < -0.4 is 0 Å². The van der Waals surface area contributed by atoms with Crippen LogP contribution in [0.2, 0.25) is 0 Å². The van der Waals surface area contributed by atoms with Crippen LogP contribution in [0.5, 0.6) is 0 Å². The standard InChI is InChI=1S/C34H36N6O2/c41-33(25-13-14-25)39-17-1-3-29(39)31-35-19-27(37-31)23-9-5-21(6-10-23)22-7-11-24(12-8-22)28-20-36-32(38-28)30-4-2-18-40(30)34(42)26-15-16-26/h5-12,19-20,25-26,29-30H,1-4,13-18H2,(H,35,37)(H,36,38). The number of hydrogen-bond acceptors (Lipinski definition) is 4. The third kappa shape index (κ3) is 4.72. The molecule has 0 radical (unpaired) electrons. The number of carbonyl (C=O) groups excluding carboxylic acids is 2. The van der Waals surface area contributed by atoms with Gasteiger partial charge in [0.1, 0.15) is 11.6 Å². The Bertz CT molecular complexity index is 1490. The smallest absolute Gasteiger partial charge is 0.226 e. The molecule has 2 aromatic heterocycles. The zero-order valence-electron chi connectivity index (χ0n) is 23.8. The zero-order valence-corrected chi connectivity index (χ0v) is 23.8. The van der Waals surface area contributed by atoms with Gasteiger partial charge in [-0.1, -0.05) is 48.5 Å². The Kier molecular flexibility index (Phi) is 6.23. The van der Waals surface area contributed by atoms with Gasteiger partial charge < -0.3 is 19.8 Å². The molecule has 2 amide bonds. The topological polar surface area (TPSA) is 98.0 Å². The number of amides is 2. The van der Waals surface area contributed by atoms with E-state index in [2.05, 4.69) is 68.5 Å². The van der Waals surface area contributed by atoms with E-state index in [0.29, 0.717) is 11.8 Å². The maximum absolute atomic E-state index is 12.7. The van der Waals surface area contributed by atoms with E-state index in [1.165, 1.54) is 0 Å². The lowest BCUT2D eigenvalue weighted by Gasteiger charge is -2.23. The first-order valence-corrected chi connectivity index (χ1v) is 15.5. The van der Waals surface area contributed by atoms with E-state index >= 15 is 0 Å². The highest BCUT2D eigenvalue weighted by Gasteiger charge is 2.40. The minimum atomic E-state index is 0.0675. The van der Waals surface area contributed by atoms with Crippen molar-refractivity contribution in [3.05, 3.63) is 72.6 Å². The molecule has 2 saturated heterocycles. The number of imidazole rings is 2. The highest BCUT2D eigenvalue weighted by molar-refractivity contribution is 5.82. The first-order chi connectivity index (χ1) is 20.6. The minimum Gasteiger partial charge on any atom is -0.340 e. The van der Waals surface area contributed by atoms with Gasteiger partial charge in [0.25, 0.3) is 0 Å². The SMILES string of the molecule is O=C(C1CC1)N1CCCC1c1ncc(-c2ccc(-c3ccc(-c4cnc(C5CCCN5C(=O)C5CC5)[nH]4)cc3)cc2)[nH]1. The van der Waals surface area contributed by atoms with Crippen LogP contribution in [-0.2, 0) is 9.59 Å². The lowest BCUT2D eigenvalue weighted by molar-refractivity contribution is -0.134. The van der Waals surface area contributed by atoms with E-state index in [1.54, 1.807) is 0 Å². The Balaban J connectivity index is 0.946. The summed E-state index contributed by atoms with van der Waals surface area (Å²) in [4.78, 5) is 45.9. The predicted octanol–water partition coefficient (Wildman–Crippen LogP) is 6.28. The van der Waals surface area contributed by atoms with Crippen molar-refractivity contribution in [2.24, 2.45) is 11.8 Å². The molecule has 2 aromatic carbocycles. The lowest BCUT2D eigenvalue weighted by atomic mass is 10.0. The number of hydrogen-bond donors (Lipinski definition) is 2. The van der Waals surface area contributed by atoms with Crippen LogP contribution in [0.4, 0.5) is 0 Å². The Morgan fingerprint density at radius 1 is 0.571 bits per heavy atom. The molecule has 2 saturated carbocycles. The second kappa shape index (κ2) is 10.3. The van der Waals surface area contributed by atoms with Gasteiger partial charge in [-0.25, -0.2) is 9.97 Å². The molecule has 4 fully saturated rings. The third-order valence-electron chi connectivity index (χ3n) is 9.47. The number of aromatic nitrogens is 4. The summed E-state index contributed by atoms with van der Waals surface area (Å²) < 4.78 is 0. The van der Waals surface area contributed by atoms with Gasteiger partial charge in [-0.05, 0) is 73.6 Å². The predicted molar refractivity (Wildman–Crippen MR) is 160 cm³/mol. The first-order valence-electron chi connectivity index (χ1n) is 15.5. The van der Waals surface area contributed by atoms with Crippen molar-refractivity contribution in [2.45, 2.75) is 63.5 Å². The zero-order chi connectivity index (χ0) is 28.2. The van der Waals surface area contributed by atoms with Crippen molar-refractivity contribution >= 4 is 11.8 Å². The van der Waals surface area contributed by atoms with Crippen molar-refractivity contribution in [2.75, 3.05) is 13.1 Å². The van der Waals surface area contributed by atoms with E-state index in [0.717, 1.165) is 110 Å². The normalized spacial score (nSPS) is 22.2. The Labute approximate surface area is 245 Å². The molecule has 0 spiro atoms. The van der Waals surface area contributed by atoms with Gasteiger partial charge in [0, 0.05) is 24.9 Å². The monoisotopic (exact) mass is 560 g/mol. The fraction of sp³-hybridized carbons (Fsp3) is 0.412. The molecule has 4 aromatic rings. The quantitative estimate of drug-likeness (QED) is 0.278. The molecule has 2 atom stereocenters. The minimum absolute atomic E-state index is 0.0675. The molecule has 4 aliphatic rings. The van der Waals surface area contributed by atoms with E-state index in [1.807, 2.05) is 22.2 Å². The van der Waals surface area contributed by atoms with E-state index in [-0.39, 0.29) is 23.9 Å². The number of rotatable bonds is 7. The number of likely N-dealkylation sites (tertiary alicyclic amines) is 2. The summed E-state index contributed by atoms with van der Waals surface area (Å²) in [6, 6.07) is 17.2. The van der Waals surface area contributed by atoms with Crippen LogP contribution in [0, 0.1) is 11.8 Å². The molecule has 8 nitrogen and oxygen atoms in total. The summed E-state index contributed by atoms with van der Waals surface area (Å²) in [5, 5.41) is 0. The molecule has 2 aliphatic carbocycles. The van der Waals surface area contributed by atoms with Crippen LogP contribution in [0.1, 0.15) is 75.1 Å². The summed E-state index contributed by atoms with van der Waals surface area (Å²) >= 11 is 0. The molecular formula is C34H36N6O2. The number of benzene rings is 2. The highest BCUT2D eigenvalue weighted by atomic mass is 16.2. The third-order valence-corrected chi connectivity index (χ3v) is 9.47. The van der Waals surface area contributed by atoms with Crippen molar-refractivity contribution in [3.8, 4) is 33.6 Å². The van der Waals surface area contributed by atoms with Gasteiger partial charge in [0.15, 0.2) is 0 Å². The fourth-order valence-corrected chi connectivity index (χ4v) is 6.75. The van der Waals surface area contributed by atoms with Crippen molar-refractivity contribution in [1.29, 1.82) is 0 Å². The molecule has 42 heavy (non-hydrogen) atoms. The lowest BCUT2D eigenvalue weighted by Crippen LogP contribution is -2.32. The van der Waals surface area contributed by atoms with Crippen molar-refractivity contribution in [1.82, 2.24) is 29.7 Å². The molecular weight excluding hydrogens is 524 g/mol. The number of aromatic amines is 2. The molecule has 8 rings (SSSR count). The first kappa shape index (κ1) is 25.5. The average molecular weight is 561 g/mol. The van der Waals surface area contributed by atoms with Gasteiger partial charge >= 0.3 is 0 Å². The van der Waals surface area contributed by atoms with Gasteiger partial charge in [-0.2, -0.15) is 0 Å². The summed E-state index contributed by atoms with van der Waals surface area (Å²) in [6.45, 7) is 1.68. The maximum atomic E-state index is 12.7. The Hall–Kier alpha value is -4.20. The van der Waals surface area contributed by atoms with Crippen LogP contribution in [0.3, 0.4) is 0 Å². The van der Waals surface area contributed by atoms with Gasteiger partial charge in [0.2, 0.25) is 11.8 Å². The van der Waals surface area contributed by atoms with Gasteiger partial charge in [0.05, 0.1) is 35.9 Å². The summed E-state index contributed by atoms with van der Waals surface area (Å²) in [7, 11) is 0. The van der Waals surface area contributed by atoms with Crippen LogP contribution in [-0.4, -0.2) is 54.6 Å². The van der Waals surface area contributed by atoms with E-state index in [9.17, 15) is 9.59 Å². The second-order valence-corrected chi connectivity index (χ2v) is 12.4. The van der Waals surface area contributed by atoms with Crippen LogP contribution in [0.25, 0.3) is 33.6 Å². The summed E-state index contributed by atoms with van der Waals surface area (Å²) in [5.74, 6) is 2.89. The fourth-order valence-electron chi connectivity index (χ4n) is 6.75. The summed E-state index contributed by atoms with van der Waals surface area (Å²) in [6.07, 6.45) is 11.9. The van der Waals surface area contributed by atoms with Gasteiger partial charge in [-0.3, -0.25) is 9.59 Å². The molecule has 8 heteroatoms. The second-order valence-electron chi connectivity index (χ2n) is 12.4. The molecule has 214 valence electrons. The van der Waals surface area contributed by atoms with Gasteiger partial charge in [-0.15, -0.1) is 0 Å². The number of H-pyrrole nitrogens is 2. The van der Waals surface area contributed by atoms with Crippen LogP contribution in [0.15, 0.2) is 60.9 Å². The molecule has 2 aliphatic heterocycles. The van der Waals surface area contributed by atoms with E-state index in [4.69, 9.17) is 0 Å². The molecule has 2 N–H and O–H groups in total. The molecule has 2 unspecified atom stereocenters. The summed E-state index contributed by atoms with van der Waals surface area (Å²) in [5.41, 5.74) is 6.41. The van der Waals surface area contributed by atoms with E-state index < -0.39 is 0 Å². The molecule has 4 heterocycles. The van der Waals surface area contributed by atoms with Crippen molar-refractivity contribution in [3.63, 3.8) is 0 Å².